The van der Waals surface area contributed by atoms with E-state index in [1.807, 2.05) is 0 Å². The summed E-state index contributed by atoms with van der Waals surface area (Å²) < 4.78 is 336. The van der Waals surface area contributed by atoms with Crippen molar-refractivity contribution in [2.24, 2.45) is 0 Å². The summed E-state index contributed by atoms with van der Waals surface area (Å²) in [5.74, 6) is -101. The Morgan fingerprint density at radius 2 is 0.708 bits per heavy atom. The Labute approximate surface area is 247 Å². The summed E-state index contributed by atoms with van der Waals surface area (Å²) >= 11 is 0. The van der Waals surface area contributed by atoms with Crippen molar-refractivity contribution in [1.82, 2.24) is 0 Å². The van der Waals surface area contributed by atoms with Crippen molar-refractivity contribution in [3.05, 3.63) is 0 Å². The first-order valence-electron chi connectivity index (χ1n) is 11.2. The topological polar surface area (TPSA) is 57.5 Å². The van der Waals surface area contributed by atoms with Crippen LogP contribution >= 0.6 is 0 Å². The lowest BCUT2D eigenvalue weighted by molar-refractivity contribution is -0.886. The normalized spacial score (nSPS) is 17.1. The molecule has 48 heavy (non-hydrogen) atoms. The first kappa shape index (κ1) is 45.6. The molecule has 0 aliphatic carbocycles. The number of hydrogen-bond acceptors (Lipinski definition) is 2. The van der Waals surface area contributed by atoms with E-state index >= 15 is 0 Å². The van der Waals surface area contributed by atoms with Gasteiger partial charge in [-0.25, -0.2) is 4.79 Å². The number of alkyl halides is 25. The number of carboxylic acids is 1. The summed E-state index contributed by atoms with van der Waals surface area (Å²) in [4.78, 5) is 10.6. The molecular formula is C19H15F25NO3+. The third kappa shape index (κ3) is 6.37. The van der Waals surface area contributed by atoms with Gasteiger partial charge in [0.2, 0.25) is 0 Å². The van der Waals surface area contributed by atoms with Gasteiger partial charge in [-0.3, -0.25) is 0 Å². The van der Waals surface area contributed by atoms with Crippen LogP contribution in [-0.2, 0) is 4.79 Å². The summed E-state index contributed by atoms with van der Waals surface area (Å²) in [5.41, 5.74) is 0. The fourth-order valence-corrected chi connectivity index (χ4v) is 3.47. The Morgan fingerprint density at radius 1 is 0.479 bits per heavy atom. The van der Waals surface area contributed by atoms with E-state index in [4.69, 9.17) is 5.11 Å². The number of carbonyl (C=O) groups is 1. The van der Waals surface area contributed by atoms with Crippen molar-refractivity contribution < 1.29 is 129 Å². The van der Waals surface area contributed by atoms with E-state index in [1.165, 1.54) is 0 Å². The molecule has 29 heteroatoms. The molecule has 4 nitrogen and oxygen atoms in total. The van der Waals surface area contributed by atoms with Crippen molar-refractivity contribution in [1.29, 1.82) is 0 Å². The predicted molar refractivity (Wildman–Crippen MR) is 101 cm³/mol. The lowest BCUT2D eigenvalue weighted by atomic mass is 9.84. The summed E-state index contributed by atoms with van der Waals surface area (Å²) in [7, 11) is 1.36. The molecule has 1 unspecified atom stereocenters. The number of aliphatic carboxylic acids is 1. The minimum Gasteiger partial charge on any atom is -0.477 e. The largest absolute Gasteiger partial charge is 0.477 e. The molecule has 0 fully saturated rings. The number of hydrogen-bond donors (Lipinski definition) is 2. The molecule has 0 aromatic rings. The van der Waals surface area contributed by atoms with Gasteiger partial charge in [0.1, 0.15) is 12.6 Å². The number of carboxylic acid groups (broad SMARTS) is 1. The number of likely N-dealkylation sites (N-methyl/N-ethyl adjacent to an activating group) is 1. The Bertz CT molecular complexity index is 1170. The van der Waals surface area contributed by atoms with Crippen LogP contribution in [0.4, 0.5) is 110 Å². The van der Waals surface area contributed by atoms with E-state index in [0.29, 0.717) is 14.1 Å². The molecular weight excluding hydrogens is 765 g/mol. The lowest BCUT2D eigenvalue weighted by Gasteiger charge is -2.45. The standard InChI is InChI=1S/C19H14F25NO3/c1-45(2,5-7(47)48)4-6(46)3-8(20,21)9(22,23)10(24,25)11(26,27)12(28,29)13(30,31)14(32,33)15(34,35)16(36,37)17(38,39)18(40,41)19(42,43)44/h6,46H,3-5H2,1-2H3/p+1. The highest BCUT2D eigenvalue weighted by atomic mass is 19.4. The zero-order chi connectivity index (χ0) is 39.8. The average molecular weight is 780 g/mol. The van der Waals surface area contributed by atoms with Crippen LogP contribution in [0, 0.1) is 0 Å². The minimum atomic E-state index is -9.67. The second-order valence-electron chi connectivity index (χ2n) is 10.5. The number of aliphatic hydroxyl groups is 1. The molecule has 0 radical (unpaired) electrons. The molecule has 0 amide bonds. The van der Waals surface area contributed by atoms with E-state index in [1.54, 1.807) is 0 Å². The molecule has 0 aromatic heterocycles. The number of nitrogens with zero attached hydrogens (tertiary/aromatic N) is 1. The molecule has 0 aliphatic rings. The van der Waals surface area contributed by atoms with Crippen molar-refractivity contribution in [2.75, 3.05) is 27.2 Å². The molecule has 0 heterocycles. The van der Waals surface area contributed by atoms with Crippen LogP contribution in [0.2, 0.25) is 0 Å². The summed E-state index contributed by atoms with van der Waals surface area (Å²) in [6.45, 7) is -2.76. The monoisotopic (exact) mass is 780 g/mol. The molecule has 0 saturated carbocycles. The third-order valence-electron chi connectivity index (χ3n) is 6.12. The molecule has 0 spiro atoms. The van der Waals surface area contributed by atoms with Crippen LogP contribution in [0.15, 0.2) is 0 Å². The van der Waals surface area contributed by atoms with E-state index in [0.717, 1.165) is 0 Å². The molecule has 2 N–H and O–H groups in total. The van der Waals surface area contributed by atoms with Crippen molar-refractivity contribution in [3.63, 3.8) is 0 Å². The van der Waals surface area contributed by atoms with Crippen LogP contribution < -0.4 is 0 Å². The fourth-order valence-electron chi connectivity index (χ4n) is 3.47. The maximum atomic E-state index is 14.0. The molecule has 0 bridgehead atoms. The Kier molecular flexibility index (Phi) is 11.3. The van der Waals surface area contributed by atoms with Crippen LogP contribution in [-0.4, -0.2) is 125 Å². The number of quaternary nitrogens is 1. The maximum Gasteiger partial charge on any atom is 0.460 e. The quantitative estimate of drug-likeness (QED) is 0.127. The summed E-state index contributed by atoms with van der Waals surface area (Å²) in [6, 6.07) is 0. The third-order valence-corrected chi connectivity index (χ3v) is 6.12. The van der Waals surface area contributed by atoms with Crippen molar-refractivity contribution >= 4 is 5.97 Å². The van der Waals surface area contributed by atoms with Crippen LogP contribution in [0.1, 0.15) is 6.42 Å². The summed E-state index contributed by atoms with van der Waals surface area (Å²) in [6.07, 6.45) is -14.8. The zero-order valence-electron chi connectivity index (χ0n) is 22.4. The Hall–Kier alpha value is -2.36. The summed E-state index contributed by atoms with van der Waals surface area (Å²) in [5, 5.41) is 18.0. The number of aliphatic hydroxyl groups excluding tert-OH is 1. The van der Waals surface area contributed by atoms with Gasteiger partial charge >= 0.3 is 77.3 Å². The number of halogens is 25. The van der Waals surface area contributed by atoms with Crippen LogP contribution in [0.3, 0.4) is 0 Å². The molecule has 0 saturated heterocycles. The molecule has 288 valence electrons. The SMILES string of the molecule is C[N+](C)(CC(=O)O)CC(O)CC(F)(F)C(F)(F)C(F)(F)C(F)(F)C(F)(F)C(F)(F)C(F)(F)C(F)(F)C(F)(F)C(F)(F)C(F)(F)C(F)(F)F. The highest BCUT2D eigenvalue weighted by molar-refractivity contribution is 5.67. The van der Waals surface area contributed by atoms with E-state index in [2.05, 4.69) is 0 Å². The van der Waals surface area contributed by atoms with Gasteiger partial charge in [0.25, 0.3) is 0 Å². The predicted octanol–water partition coefficient (Wildman–Crippen LogP) is 7.45. The Morgan fingerprint density at radius 3 is 0.938 bits per heavy atom. The van der Waals surface area contributed by atoms with Gasteiger partial charge in [0.15, 0.2) is 6.54 Å². The molecule has 0 aliphatic heterocycles. The fraction of sp³-hybridized carbons (Fsp3) is 0.947. The Balaban J connectivity index is 7.13. The zero-order valence-corrected chi connectivity index (χ0v) is 22.4. The highest BCUT2D eigenvalue weighted by Gasteiger charge is 2.99. The minimum absolute atomic E-state index is 0.679. The first-order valence-corrected chi connectivity index (χ1v) is 11.2. The van der Waals surface area contributed by atoms with Gasteiger partial charge in [0.05, 0.1) is 14.1 Å². The molecule has 0 aromatic carbocycles. The highest BCUT2D eigenvalue weighted by Crippen LogP contribution is 2.67. The van der Waals surface area contributed by atoms with Gasteiger partial charge in [-0.1, -0.05) is 0 Å². The van der Waals surface area contributed by atoms with Gasteiger partial charge in [0, 0.05) is 6.42 Å². The van der Waals surface area contributed by atoms with E-state index < -0.39 is 107 Å². The van der Waals surface area contributed by atoms with Gasteiger partial charge < -0.3 is 14.7 Å². The van der Waals surface area contributed by atoms with Crippen molar-refractivity contribution in [3.8, 4) is 0 Å². The molecule has 1 atom stereocenters. The van der Waals surface area contributed by atoms with Crippen LogP contribution in [0.5, 0.6) is 0 Å². The van der Waals surface area contributed by atoms with Crippen LogP contribution in [0.25, 0.3) is 0 Å². The van der Waals surface area contributed by atoms with Gasteiger partial charge in [-0.2, -0.15) is 110 Å². The second-order valence-corrected chi connectivity index (χ2v) is 10.5. The van der Waals surface area contributed by atoms with E-state index in [-0.39, 0.29) is 0 Å². The second kappa shape index (κ2) is 11.9. The average Bonchev–Trinajstić information content (AvgIpc) is 2.80. The lowest BCUT2D eigenvalue weighted by Crippen LogP contribution is -2.78. The van der Waals surface area contributed by atoms with Gasteiger partial charge in [-0.15, -0.1) is 0 Å². The smallest absolute Gasteiger partial charge is 0.460 e. The first-order chi connectivity index (χ1) is 20.3. The maximum absolute atomic E-state index is 14.0. The molecule has 0 rings (SSSR count). The van der Waals surface area contributed by atoms with Crippen molar-refractivity contribution in [2.45, 2.75) is 83.8 Å². The number of rotatable bonds is 16. The van der Waals surface area contributed by atoms with E-state index in [9.17, 15) is 120 Å². The van der Waals surface area contributed by atoms with Gasteiger partial charge in [-0.05, 0) is 0 Å².